The molecule has 0 saturated carbocycles. The molecule has 0 heterocycles. The third kappa shape index (κ3) is 6.55. The van der Waals surface area contributed by atoms with E-state index < -0.39 is 4.92 Å². The number of hydrogen-bond donors (Lipinski definition) is 4. The Hall–Kier alpha value is -2.06. The molecule has 146 valence electrons. The zero-order valence-electron chi connectivity index (χ0n) is 14.5. The van der Waals surface area contributed by atoms with Crippen molar-refractivity contribution in [1.82, 2.24) is 10.6 Å². The van der Waals surface area contributed by atoms with Crippen LogP contribution in [0.1, 0.15) is 17.5 Å². The Bertz CT molecular complexity index is 802. The van der Waals surface area contributed by atoms with E-state index in [2.05, 4.69) is 10.6 Å². The van der Waals surface area contributed by atoms with E-state index in [9.17, 15) is 20.3 Å². The van der Waals surface area contributed by atoms with Gasteiger partial charge in [0, 0.05) is 34.8 Å². The molecule has 2 rings (SSSR count). The summed E-state index contributed by atoms with van der Waals surface area (Å²) < 4.78 is 0. The van der Waals surface area contributed by atoms with E-state index in [4.69, 9.17) is 23.2 Å². The lowest BCUT2D eigenvalue weighted by molar-refractivity contribution is -0.384. The minimum Gasteiger partial charge on any atom is -0.508 e. The summed E-state index contributed by atoms with van der Waals surface area (Å²) in [6.07, 6.45) is 1.34. The molecule has 27 heavy (non-hydrogen) atoms. The summed E-state index contributed by atoms with van der Waals surface area (Å²) in [6.45, 7) is 2.51. The van der Waals surface area contributed by atoms with Crippen LogP contribution in [0.15, 0.2) is 30.3 Å². The molecule has 2 aromatic carbocycles. The standard InChI is InChI=1S/C18H21Cl2N3O4/c19-14-8-13(18(25)16(20)10-14)11-22-6-1-5-21-7-4-12-9-15(23(26)27)2-3-17(12)24/h2-3,8-10,21-22,24-25H,1,4-7,11H2. The number of phenolic OH excluding ortho intramolecular Hbond substituents is 2. The number of rotatable bonds is 10. The zero-order valence-corrected chi connectivity index (χ0v) is 16.1. The van der Waals surface area contributed by atoms with Crippen LogP contribution in [0, 0.1) is 10.1 Å². The van der Waals surface area contributed by atoms with Crippen LogP contribution in [-0.2, 0) is 13.0 Å². The van der Waals surface area contributed by atoms with Gasteiger partial charge in [-0.25, -0.2) is 0 Å². The van der Waals surface area contributed by atoms with Gasteiger partial charge in [-0.15, -0.1) is 0 Å². The first kappa shape index (κ1) is 21.2. The van der Waals surface area contributed by atoms with Crippen LogP contribution in [0.2, 0.25) is 10.0 Å². The van der Waals surface area contributed by atoms with Gasteiger partial charge in [0.15, 0.2) is 0 Å². The fourth-order valence-electron chi connectivity index (χ4n) is 2.55. The summed E-state index contributed by atoms with van der Waals surface area (Å²) in [4.78, 5) is 10.3. The number of benzene rings is 2. The Morgan fingerprint density at radius 3 is 2.48 bits per heavy atom. The highest BCUT2D eigenvalue weighted by Crippen LogP contribution is 2.30. The first-order valence-electron chi connectivity index (χ1n) is 8.43. The number of nitrogens with one attached hydrogen (secondary N) is 2. The van der Waals surface area contributed by atoms with Crippen molar-refractivity contribution in [3.8, 4) is 11.5 Å². The molecule has 0 bridgehead atoms. The molecule has 0 aliphatic carbocycles. The Morgan fingerprint density at radius 2 is 1.74 bits per heavy atom. The molecule has 0 aliphatic rings. The first-order chi connectivity index (χ1) is 12.9. The largest absolute Gasteiger partial charge is 0.508 e. The highest BCUT2D eigenvalue weighted by Gasteiger charge is 2.10. The van der Waals surface area contributed by atoms with Gasteiger partial charge in [0.25, 0.3) is 5.69 Å². The Labute approximate surface area is 167 Å². The van der Waals surface area contributed by atoms with Crippen LogP contribution < -0.4 is 10.6 Å². The third-order valence-corrected chi connectivity index (χ3v) is 4.48. The quantitative estimate of drug-likeness (QED) is 0.269. The summed E-state index contributed by atoms with van der Waals surface area (Å²) >= 11 is 11.8. The van der Waals surface area contributed by atoms with E-state index in [1.165, 1.54) is 24.3 Å². The number of nitrogens with zero attached hydrogens (tertiary/aromatic N) is 1. The van der Waals surface area contributed by atoms with Gasteiger partial charge in [-0.05, 0) is 50.7 Å². The van der Waals surface area contributed by atoms with E-state index >= 15 is 0 Å². The lowest BCUT2D eigenvalue weighted by Gasteiger charge is -2.09. The van der Waals surface area contributed by atoms with Gasteiger partial charge in [0.2, 0.25) is 0 Å². The Morgan fingerprint density at radius 1 is 1.00 bits per heavy atom. The molecule has 0 aliphatic heterocycles. The normalized spacial score (nSPS) is 10.9. The van der Waals surface area contributed by atoms with E-state index in [1.54, 1.807) is 6.07 Å². The van der Waals surface area contributed by atoms with Gasteiger partial charge in [-0.1, -0.05) is 23.2 Å². The van der Waals surface area contributed by atoms with Gasteiger partial charge < -0.3 is 20.8 Å². The third-order valence-electron chi connectivity index (χ3n) is 3.97. The molecular formula is C18H21Cl2N3O4. The van der Waals surface area contributed by atoms with Crippen molar-refractivity contribution >= 4 is 28.9 Å². The molecule has 7 nitrogen and oxygen atoms in total. The number of nitro groups is 1. The Kier molecular flexibility index (Phi) is 8.12. The van der Waals surface area contributed by atoms with Crippen LogP contribution in [0.25, 0.3) is 0 Å². The summed E-state index contributed by atoms with van der Waals surface area (Å²) in [6, 6.07) is 7.17. The van der Waals surface area contributed by atoms with Crippen molar-refractivity contribution in [3.63, 3.8) is 0 Å². The number of aromatic hydroxyl groups is 2. The van der Waals surface area contributed by atoms with Crippen LogP contribution in [-0.4, -0.2) is 34.8 Å². The van der Waals surface area contributed by atoms with Crippen LogP contribution in [0.3, 0.4) is 0 Å². The van der Waals surface area contributed by atoms with E-state index in [0.717, 1.165) is 19.5 Å². The summed E-state index contributed by atoms with van der Waals surface area (Å²) in [5.41, 5.74) is 1.15. The highest BCUT2D eigenvalue weighted by molar-refractivity contribution is 6.35. The predicted octanol–water partition coefficient (Wildman–Crippen LogP) is 3.62. The SMILES string of the molecule is O=[N+]([O-])c1ccc(O)c(CCNCCCNCc2cc(Cl)cc(Cl)c2O)c1. The van der Waals surface area contributed by atoms with Crippen molar-refractivity contribution in [2.75, 3.05) is 19.6 Å². The molecular weight excluding hydrogens is 393 g/mol. The van der Waals surface area contributed by atoms with Crippen LogP contribution in [0.4, 0.5) is 5.69 Å². The van der Waals surface area contributed by atoms with Crippen molar-refractivity contribution in [2.45, 2.75) is 19.4 Å². The van der Waals surface area contributed by atoms with E-state index in [1.807, 2.05) is 0 Å². The lowest BCUT2D eigenvalue weighted by atomic mass is 10.1. The fraction of sp³-hybridized carbons (Fsp3) is 0.333. The zero-order chi connectivity index (χ0) is 19.8. The topological polar surface area (TPSA) is 108 Å². The average molecular weight is 414 g/mol. The van der Waals surface area contributed by atoms with Gasteiger partial charge in [0.1, 0.15) is 11.5 Å². The molecule has 0 amide bonds. The molecule has 0 aromatic heterocycles. The van der Waals surface area contributed by atoms with Crippen molar-refractivity contribution in [3.05, 3.63) is 61.6 Å². The minimum atomic E-state index is -0.479. The second-order valence-electron chi connectivity index (χ2n) is 6.00. The lowest BCUT2D eigenvalue weighted by Crippen LogP contribution is -2.23. The number of hydrogen-bond acceptors (Lipinski definition) is 6. The first-order valence-corrected chi connectivity index (χ1v) is 9.18. The minimum absolute atomic E-state index is 0.0310. The molecule has 4 N–H and O–H groups in total. The van der Waals surface area contributed by atoms with Crippen LogP contribution in [0.5, 0.6) is 11.5 Å². The van der Waals surface area contributed by atoms with Crippen LogP contribution >= 0.6 is 23.2 Å². The second-order valence-corrected chi connectivity index (χ2v) is 6.84. The second kappa shape index (κ2) is 10.3. The van der Waals surface area contributed by atoms with Gasteiger partial charge in [-0.3, -0.25) is 10.1 Å². The van der Waals surface area contributed by atoms with Gasteiger partial charge >= 0.3 is 0 Å². The molecule has 0 saturated heterocycles. The maximum absolute atomic E-state index is 10.8. The molecule has 0 spiro atoms. The van der Waals surface area contributed by atoms with Crippen molar-refractivity contribution < 1.29 is 15.1 Å². The number of phenols is 2. The Balaban J connectivity index is 1.64. The monoisotopic (exact) mass is 413 g/mol. The van der Waals surface area contributed by atoms with Gasteiger partial charge in [0.05, 0.1) is 9.95 Å². The maximum Gasteiger partial charge on any atom is 0.269 e. The molecule has 0 atom stereocenters. The smallest absolute Gasteiger partial charge is 0.269 e. The molecule has 0 radical (unpaired) electrons. The predicted molar refractivity (Wildman–Crippen MR) is 106 cm³/mol. The molecule has 0 fully saturated rings. The van der Waals surface area contributed by atoms with Gasteiger partial charge in [-0.2, -0.15) is 0 Å². The summed E-state index contributed by atoms with van der Waals surface area (Å²) in [5.74, 6) is 0.0903. The number of nitro benzene ring substituents is 1. The maximum atomic E-state index is 10.8. The summed E-state index contributed by atoms with van der Waals surface area (Å²) in [5, 5.41) is 37.5. The summed E-state index contributed by atoms with van der Waals surface area (Å²) in [7, 11) is 0. The molecule has 0 unspecified atom stereocenters. The van der Waals surface area contributed by atoms with Crippen molar-refractivity contribution in [2.24, 2.45) is 0 Å². The number of halogens is 2. The van der Waals surface area contributed by atoms with Crippen molar-refractivity contribution in [1.29, 1.82) is 0 Å². The fourth-order valence-corrected chi connectivity index (χ4v) is 3.08. The highest BCUT2D eigenvalue weighted by atomic mass is 35.5. The average Bonchev–Trinajstić information content (AvgIpc) is 2.62. The van der Waals surface area contributed by atoms with E-state index in [-0.39, 0.29) is 22.2 Å². The molecule has 9 heteroatoms. The molecule has 2 aromatic rings. The van der Waals surface area contributed by atoms with E-state index in [0.29, 0.717) is 35.7 Å². The number of non-ortho nitro benzene ring substituents is 1.